The van der Waals surface area contributed by atoms with Crippen molar-refractivity contribution < 1.29 is 0 Å². The molecular formula is C9H15N. The fourth-order valence-corrected chi connectivity index (χ4v) is 2.14. The van der Waals surface area contributed by atoms with Crippen molar-refractivity contribution in [2.45, 2.75) is 25.8 Å². The average Bonchev–Trinajstić information content (AvgIpc) is 2.48. The van der Waals surface area contributed by atoms with Crippen LogP contribution in [0.15, 0.2) is 12.2 Å². The fourth-order valence-electron chi connectivity index (χ4n) is 2.14. The van der Waals surface area contributed by atoms with E-state index in [-0.39, 0.29) is 0 Å². The van der Waals surface area contributed by atoms with Gasteiger partial charge in [-0.2, -0.15) is 0 Å². The maximum Gasteiger partial charge on any atom is 0.0284 e. The summed E-state index contributed by atoms with van der Waals surface area (Å²) in [4.78, 5) is 2.60. The normalized spacial score (nSPS) is 37.7. The highest BCUT2D eigenvalue weighted by Gasteiger charge is 2.32. The largest absolute Gasteiger partial charge is 0.296 e. The van der Waals surface area contributed by atoms with E-state index in [4.69, 9.17) is 0 Å². The van der Waals surface area contributed by atoms with Gasteiger partial charge in [0.2, 0.25) is 0 Å². The van der Waals surface area contributed by atoms with E-state index >= 15 is 0 Å². The molecule has 0 radical (unpaired) electrons. The minimum absolute atomic E-state index is 0.810. The molecule has 0 aromatic rings. The molecule has 0 aromatic carbocycles. The number of nitrogens with zero attached hydrogens (tertiary/aromatic N) is 1. The smallest absolute Gasteiger partial charge is 0.0284 e. The number of hydrogen-bond donors (Lipinski definition) is 0. The third-order valence-electron chi connectivity index (χ3n) is 2.60. The molecule has 0 saturated carbocycles. The van der Waals surface area contributed by atoms with Gasteiger partial charge in [-0.3, -0.25) is 4.90 Å². The van der Waals surface area contributed by atoms with E-state index in [0.717, 1.165) is 12.0 Å². The monoisotopic (exact) mass is 137 g/mol. The van der Waals surface area contributed by atoms with Crippen LogP contribution < -0.4 is 0 Å². The first kappa shape index (κ1) is 6.41. The fraction of sp³-hybridized carbons (Fsp3) is 0.778. The molecular weight excluding hydrogens is 122 g/mol. The van der Waals surface area contributed by atoms with Crippen molar-refractivity contribution >= 4 is 0 Å². The van der Waals surface area contributed by atoms with Gasteiger partial charge in [-0.05, 0) is 25.3 Å². The van der Waals surface area contributed by atoms with Gasteiger partial charge in [0, 0.05) is 12.6 Å². The first-order chi connectivity index (χ1) is 4.90. The molecule has 1 nitrogen and oxygen atoms in total. The molecule has 1 aliphatic heterocycles. The molecule has 2 unspecified atom stereocenters. The van der Waals surface area contributed by atoms with Crippen LogP contribution in [0, 0.1) is 5.92 Å². The lowest BCUT2D eigenvalue weighted by Gasteiger charge is -2.22. The predicted molar refractivity (Wildman–Crippen MR) is 42.9 cm³/mol. The Labute approximate surface area is 62.7 Å². The Morgan fingerprint density at radius 1 is 1.50 bits per heavy atom. The molecule has 10 heavy (non-hydrogen) atoms. The van der Waals surface area contributed by atoms with Crippen molar-refractivity contribution in [3.8, 4) is 0 Å². The Morgan fingerprint density at radius 3 is 2.90 bits per heavy atom. The van der Waals surface area contributed by atoms with Crippen molar-refractivity contribution in [1.29, 1.82) is 0 Å². The Hall–Kier alpha value is -0.300. The van der Waals surface area contributed by atoms with Gasteiger partial charge in [-0.15, -0.1) is 0 Å². The van der Waals surface area contributed by atoms with Crippen molar-refractivity contribution in [2.24, 2.45) is 5.92 Å². The zero-order chi connectivity index (χ0) is 6.97. The third-order valence-corrected chi connectivity index (χ3v) is 2.60. The first-order valence-electron chi connectivity index (χ1n) is 4.32. The maximum absolute atomic E-state index is 2.60. The highest BCUT2D eigenvalue weighted by molar-refractivity contribution is 5.12. The summed E-state index contributed by atoms with van der Waals surface area (Å²) < 4.78 is 0. The van der Waals surface area contributed by atoms with Gasteiger partial charge >= 0.3 is 0 Å². The summed E-state index contributed by atoms with van der Waals surface area (Å²) in [5, 5.41) is 0. The van der Waals surface area contributed by atoms with Crippen molar-refractivity contribution in [1.82, 2.24) is 4.90 Å². The van der Waals surface area contributed by atoms with Gasteiger partial charge in [0.05, 0.1) is 0 Å². The van der Waals surface area contributed by atoms with Crippen LogP contribution >= 0.6 is 0 Å². The van der Waals surface area contributed by atoms with Crippen LogP contribution in [0.1, 0.15) is 19.8 Å². The second-order valence-electron chi connectivity index (χ2n) is 3.44. The number of likely N-dealkylation sites (tertiary alicyclic amines) is 1. The SMILES string of the molecule is CCCN1CC2C=CC1C2. The van der Waals surface area contributed by atoms with Crippen LogP contribution in [-0.2, 0) is 0 Å². The average molecular weight is 137 g/mol. The van der Waals surface area contributed by atoms with E-state index in [9.17, 15) is 0 Å². The summed E-state index contributed by atoms with van der Waals surface area (Å²) in [6.45, 7) is 4.89. The number of fused-ring (bicyclic) bond motifs is 2. The molecule has 1 saturated heterocycles. The third kappa shape index (κ3) is 0.891. The highest BCUT2D eigenvalue weighted by atomic mass is 15.2. The molecule has 2 aliphatic rings. The lowest BCUT2D eigenvalue weighted by atomic mass is 10.2. The van der Waals surface area contributed by atoms with Crippen LogP contribution in [0.3, 0.4) is 0 Å². The molecule has 0 amide bonds. The van der Waals surface area contributed by atoms with Gasteiger partial charge in [-0.25, -0.2) is 0 Å². The number of hydrogen-bond acceptors (Lipinski definition) is 1. The summed E-state index contributed by atoms with van der Waals surface area (Å²) in [6, 6.07) is 0.810. The minimum atomic E-state index is 0.810. The van der Waals surface area contributed by atoms with E-state index < -0.39 is 0 Å². The van der Waals surface area contributed by atoms with E-state index in [2.05, 4.69) is 24.0 Å². The first-order valence-corrected chi connectivity index (χ1v) is 4.32. The molecule has 2 rings (SSSR count). The highest BCUT2D eigenvalue weighted by Crippen LogP contribution is 2.30. The molecule has 56 valence electrons. The van der Waals surface area contributed by atoms with Crippen molar-refractivity contribution in [3.63, 3.8) is 0 Å². The summed E-state index contributed by atoms with van der Waals surface area (Å²) in [5.41, 5.74) is 0. The van der Waals surface area contributed by atoms with Crippen LogP contribution in [0.2, 0.25) is 0 Å². The van der Waals surface area contributed by atoms with Crippen LogP contribution in [0.25, 0.3) is 0 Å². The topological polar surface area (TPSA) is 3.24 Å². The summed E-state index contributed by atoms with van der Waals surface area (Å²) in [7, 11) is 0. The molecule has 2 bridgehead atoms. The van der Waals surface area contributed by atoms with Crippen LogP contribution in [0.4, 0.5) is 0 Å². The zero-order valence-corrected chi connectivity index (χ0v) is 6.59. The van der Waals surface area contributed by atoms with E-state index in [0.29, 0.717) is 0 Å². The molecule has 0 aromatic heterocycles. The quantitative estimate of drug-likeness (QED) is 0.523. The molecule has 2 atom stereocenters. The predicted octanol–water partition coefficient (Wildman–Crippen LogP) is 1.66. The second-order valence-corrected chi connectivity index (χ2v) is 3.44. The summed E-state index contributed by atoms with van der Waals surface area (Å²) in [5.74, 6) is 0.900. The standard InChI is InChI=1S/C9H15N/c1-2-5-10-7-8-3-4-9(10)6-8/h3-4,8-9H,2,5-7H2,1H3. The lowest BCUT2D eigenvalue weighted by molar-refractivity contribution is 0.280. The molecule has 0 spiro atoms. The Kier molecular flexibility index (Phi) is 1.53. The number of rotatable bonds is 2. The van der Waals surface area contributed by atoms with Crippen LogP contribution in [-0.4, -0.2) is 24.0 Å². The van der Waals surface area contributed by atoms with E-state index in [1.807, 2.05) is 0 Å². The summed E-state index contributed by atoms with van der Waals surface area (Å²) in [6.07, 6.45) is 7.47. The van der Waals surface area contributed by atoms with E-state index in [1.165, 1.54) is 25.9 Å². The maximum atomic E-state index is 2.60. The Balaban J connectivity index is 1.96. The Morgan fingerprint density at radius 2 is 2.40 bits per heavy atom. The van der Waals surface area contributed by atoms with Crippen molar-refractivity contribution in [3.05, 3.63) is 12.2 Å². The van der Waals surface area contributed by atoms with Crippen molar-refractivity contribution in [2.75, 3.05) is 13.1 Å². The second kappa shape index (κ2) is 2.39. The van der Waals surface area contributed by atoms with E-state index in [1.54, 1.807) is 0 Å². The molecule has 1 heterocycles. The van der Waals surface area contributed by atoms with Gasteiger partial charge in [0.1, 0.15) is 0 Å². The molecule has 1 aliphatic carbocycles. The molecule has 1 heteroatoms. The molecule has 0 N–H and O–H groups in total. The van der Waals surface area contributed by atoms with Gasteiger partial charge in [0.15, 0.2) is 0 Å². The van der Waals surface area contributed by atoms with Gasteiger partial charge in [0.25, 0.3) is 0 Å². The Bertz CT molecular complexity index is 151. The summed E-state index contributed by atoms with van der Waals surface area (Å²) >= 11 is 0. The molecule has 1 fully saturated rings. The zero-order valence-electron chi connectivity index (χ0n) is 6.59. The van der Waals surface area contributed by atoms with Gasteiger partial charge < -0.3 is 0 Å². The minimum Gasteiger partial charge on any atom is -0.296 e. The van der Waals surface area contributed by atoms with Gasteiger partial charge in [-0.1, -0.05) is 19.1 Å². The van der Waals surface area contributed by atoms with Crippen LogP contribution in [0.5, 0.6) is 0 Å². The lowest BCUT2D eigenvalue weighted by Crippen LogP contribution is -2.30.